The minimum atomic E-state index is -0.287. The van der Waals surface area contributed by atoms with Crippen molar-refractivity contribution < 1.29 is 5.11 Å². The molecular weight excluding hydrogens is 212 g/mol. The lowest BCUT2D eigenvalue weighted by Crippen LogP contribution is -2.03. The summed E-state index contributed by atoms with van der Waals surface area (Å²) < 4.78 is 0. The van der Waals surface area contributed by atoms with E-state index < -0.39 is 0 Å². The Morgan fingerprint density at radius 3 is 2.65 bits per heavy atom. The third kappa shape index (κ3) is 3.36. The lowest BCUT2D eigenvalue weighted by atomic mass is 10.1. The lowest BCUT2D eigenvalue weighted by molar-refractivity contribution is 0.184. The molecule has 1 heterocycles. The van der Waals surface area contributed by atoms with Crippen molar-refractivity contribution in [3.05, 3.63) is 48.3 Å². The standard InChI is InChI=1S/C14H16N2O/c1-11(17)7-8-13-9-10-15-14(16-13)12-5-3-2-4-6-12/h2-6,9-11,17H,7-8H2,1H3. The first-order valence-corrected chi connectivity index (χ1v) is 5.81. The first-order valence-electron chi connectivity index (χ1n) is 5.81. The second-order valence-electron chi connectivity index (χ2n) is 4.13. The fourth-order valence-corrected chi connectivity index (χ4v) is 1.62. The maximum Gasteiger partial charge on any atom is 0.159 e. The molecule has 0 spiro atoms. The van der Waals surface area contributed by atoms with Crippen LogP contribution in [0.2, 0.25) is 0 Å². The Balaban J connectivity index is 2.17. The van der Waals surface area contributed by atoms with E-state index in [2.05, 4.69) is 9.97 Å². The molecule has 2 aromatic rings. The highest BCUT2D eigenvalue weighted by Gasteiger charge is 2.03. The van der Waals surface area contributed by atoms with E-state index in [0.717, 1.165) is 29.9 Å². The normalized spacial score (nSPS) is 12.4. The topological polar surface area (TPSA) is 46.0 Å². The minimum absolute atomic E-state index is 0.287. The number of benzene rings is 1. The molecule has 3 nitrogen and oxygen atoms in total. The van der Waals surface area contributed by atoms with Gasteiger partial charge >= 0.3 is 0 Å². The highest BCUT2D eigenvalue weighted by Crippen LogP contribution is 2.14. The SMILES string of the molecule is CC(O)CCc1ccnc(-c2ccccc2)n1. The third-order valence-electron chi connectivity index (χ3n) is 2.56. The summed E-state index contributed by atoms with van der Waals surface area (Å²) in [6, 6.07) is 11.8. The molecule has 0 saturated heterocycles. The van der Waals surface area contributed by atoms with Gasteiger partial charge in [0.25, 0.3) is 0 Å². The number of hydrogen-bond donors (Lipinski definition) is 1. The van der Waals surface area contributed by atoms with Crippen molar-refractivity contribution in [3.63, 3.8) is 0 Å². The van der Waals surface area contributed by atoms with Gasteiger partial charge < -0.3 is 5.11 Å². The largest absolute Gasteiger partial charge is 0.393 e. The molecule has 0 aliphatic rings. The molecule has 1 atom stereocenters. The molecule has 1 N–H and O–H groups in total. The van der Waals surface area contributed by atoms with Gasteiger partial charge in [0.05, 0.1) is 6.10 Å². The van der Waals surface area contributed by atoms with Gasteiger partial charge in [0.1, 0.15) is 0 Å². The van der Waals surface area contributed by atoms with E-state index in [9.17, 15) is 5.11 Å². The Labute approximate surface area is 101 Å². The average Bonchev–Trinajstić information content (AvgIpc) is 2.38. The lowest BCUT2D eigenvalue weighted by Gasteiger charge is -2.05. The van der Waals surface area contributed by atoms with E-state index in [0.29, 0.717) is 0 Å². The van der Waals surface area contributed by atoms with Crippen molar-refractivity contribution in [2.24, 2.45) is 0 Å². The third-order valence-corrected chi connectivity index (χ3v) is 2.56. The molecule has 0 aliphatic carbocycles. The Morgan fingerprint density at radius 1 is 1.18 bits per heavy atom. The second kappa shape index (κ2) is 5.55. The maximum atomic E-state index is 9.26. The van der Waals surface area contributed by atoms with Crippen LogP contribution in [0.3, 0.4) is 0 Å². The molecule has 1 unspecified atom stereocenters. The molecule has 0 aliphatic heterocycles. The smallest absolute Gasteiger partial charge is 0.159 e. The number of aliphatic hydroxyl groups is 1. The molecule has 2 rings (SSSR count). The van der Waals surface area contributed by atoms with Crippen molar-refractivity contribution in [1.29, 1.82) is 0 Å². The Bertz CT molecular complexity index is 469. The van der Waals surface area contributed by atoms with E-state index in [1.54, 1.807) is 13.1 Å². The summed E-state index contributed by atoms with van der Waals surface area (Å²) in [5.74, 6) is 0.744. The Kier molecular flexibility index (Phi) is 3.83. The van der Waals surface area contributed by atoms with Crippen molar-refractivity contribution in [3.8, 4) is 11.4 Å². The zero-order valence-corrected chi connectivity index (χ0v) is 9.87. The number of aryl methyl sites for hydroxylation is 1. The molecule has 88 valence electrons. The Morgan fingerprint density at radius 2 is 1.94 bits per heavy atom. The van der Waals surface area contributed by atoms with Crippen LogP contribution in [0.1, 0.15) is 19.0 Å². The van der Waals surface area contributed by atoms with Crippen LogP contribution in [-0.2, 0) is 6.42 Å². The number of aromatic nitrogens is 2. The first-order chi connectivity index (χ1) is 8.25. The monoisotopic (exact) mass is 228 g/mol. The summed E-state index contributed by atoms with van der Waals surface area (Å²) in [7, 11) is 0. The van der Waals surface area contributed by atoms with Gasteiger partial charge in [-0.15, -0.1) is 0 Å². The maximum absolute atomic E-state index is 9.26. The van der Waals surface area contributed by atoms with E-state index in [-0.39, 0.29) is 6.10 Å². The van der Waals surface area contributed by atoms with Crippen molar-refractivity contribution in [2.45, 2.75) is 25.9 Å². The van der Waals surface area contributed by atoms with Crippen molar-refractivity contribution >= 4 is 0 Å². The van der Waals surface area contributed by atoms with Crippen LogP contribution >= 0.6 is 0 Å². The van der Waals surface area contributed by atoms with Crippen LogP contribution in [0.25, 0.3) is 11.4 Å². The van der Waals surface area contributed by atoms with Crippen LogP contribution in [0.5, 0.6) is 0 Å². The van der Waals surface area contributed by atoms with Crippen molar-refractivity contribution in [1.82, 2.24) is 9.97 Å². The van der Waals surface area contributed by atoms with Gasteiger partial charge in [0.2, 0.25) is 0 Å². The van der Waals surface area contributed by atoms with Gasteiger partial charge in [0, 0.05) is 17.5 Å². The van der Waals surface area contributed by atoms with Crippen LogP contribution in [0.15, 0.2) is 42.6 Å². The average molecular weight is 228 g/mol. The summed E-state index contributed by atoms with van der Waals surface area (Å²) in [5.41, 5.74) is 1.99. The van der Waals surface area contributed by atoms with Gasteiger partial charge in [-0.3, -0.25) is 0 Å². The molecule has 1 aromatic carbocycles. The molecule has 1 aromatic heterocycles. The van der Waals surface area contributed by atoms with Gasteiger partial charge in [-0.05, 0) is 25.8 Å². The van der Waals surface area contributed by atoms with Gasteiger partial charge in [-0.25, -0.2) is 9.97 Å². The van der Waals surface area contributed by atoms with Crippen molar-refractivity contribution in [2.75, 3.05) is 0 Å². The number of nitrogens with zero attached hydrogens (tertiary/aromatic N) is 2. The Hall–Kier alpha value is -1.74. The molecule has 0 saturated carbocycles. The van der Waals surface area contributed by atoms with E-state index in [4.69, 9.17) is 0 Å². The predicted octanol–water partition coefficient (Wildman–Crippen LogP) is 2.46. The first kappa shape index (κ1) is 11.7. The minimum Gasteiger partial charge on any atom is -0.393 e. The summed E-state index contributed by atoms with van der Waals surface area (Å²) in [5, 5.41) is 9.26. The van der Waals surface area contributed by atoms with Gasteiger partial charge in [-0.1, -0.05) is 30.3 Å². The zero-order chi connectivity index (χ0) is 12.1. The fraction of sp³-hybridized carbons (Fsp3) is 0.286. The van der Waals surface area contributed by atoms with Crippen LogP contribution in [0.4, 0.5) is 0 Å². The van der Waals surface area contributed by atoms with Gasteiger partial charge in [0.15, 0.2) is 5.82 Å². The molecule has 0 amide bonds. The summed E-state index contributed by atoms with van der Waals surface area (Å²) in [6.45, 7) is 1.79. The molecule has 17 heavy (non-hydrogen) atoms. The number of hydrogen-bond acceptors (Lipinski definition) is 3. The highest BCUT2D eigenvalue weighted by atomic mass is 16.3. The predicted molar refractivity (Wildman–Crippen MR) is 67.5 cm³/mol. The zero-order valence-electron chi connectivity index (χ0n) is 9.87. The van der Waals surface area contributed by atoms with E-state index in [1.807, 2.05) is 36.4 Å². The van der Waals surface area contributed by atoms with Gasteiger partial charge in [-0.2, -0.15) is 0 Å². The molecular formula is C14H16N2O. The second-order valence-corrected chi connectivity index (χ2v) is 4.13. The fourth-order valence-electron chi connectivity index (χ4n) is 1.62. The molecule has 0 radical (unpaired) electrons. The molecule has 0 bridgehead atoms. The van der Waals surface area contributed by atoms with Crippen LogP contribution in [-0.4, -0.2) is 21.2 Å². The quantitative estimate of drug-likeness (QED) is 0.874. The van der Waals surface area contributed by atoms with E-state index >= 15 is 0 Å². The van der Waals surface area contributed by atoms with E-state index in [1.165, 1.54) is 0 Å². The molecule has 3 heteroatoms. The summed E-state index contributed by atoms with van der Waals surface area (Å²) >= 11 is 0. The number of rotatable bonds is 4. The highest BCUT2D eigenvalue weighted by molar-refractivity contribution is 5.54. The van der Waals surface area contributed by atoms with Crippen LogP contribution < -0.4 is 0 Å². The number of aliphatic hydroxyl groups excluding tert-OH is 1. The molecule has 0 fully saturated rings. The van der Waals surface area contributed by atoms with Crippen LogP contribution in [0, 0.1) is 0 Å². The summed E-state index contributed by atoms with van der Waals surface area (Å²) in [4.78, 5) is 8.76. The summed E-state index contributed by atoms with van der Waals surface area (Å²) in [6.07, 6.45) is 2.99.